The first-order chi connectivity index (χ1) is 18.4. The number of carbonyl (C=O) groups excluding carboxylic acids is 1. The van der Waals surface area contributed by atoms with Crippen LogP contribution in [0.25, 0.3) is 10.9 Å². The summed E-state index contributed by atoms with van der Waals surface area (Å²) in [7, 11) is -3.87. The summed E-state index contributed by atoms with van der Waals surface area (Å²) in [6, 6.07) is 21.9. The second-order valence-corrected chi connectivity index (χ2v) is 11.5. The van der Waals surface area contributed by atoms with Gasteiger partial charge in [-0.2, -0.15) is 0 Å². The van der Waals surface area contributed by atoms with Crippen molar-refractivity contribution in [3.8, 4) is 0 Å². The molecule has 0 bridgehead atoms. The molecular weight excluding hydrogens is 503 g/mol. The molecule has 7 nitrogen and oxygen atoms in total. The summed E-state index contributed by atoms with van der Waals surface area (Å²) in [6.45, 7) is 2.70. The van der Waals surface area contributed by atoms with E-state index in [2.05, 4.69) is 14.6 Å². The molecule has 2 heterocycles. The molecule has 1 aliphatic carbocycles. The number of fused-ring (bicyclic) bond motifs is 1. The highest BCUT2D eigenvalue weighted by Gasteiger charge is 2.50. The second kappa shape index (κ2) is 9.49. The van der Waals surface area contributed by atoms with Crippen LogP contribution >= 0.6 is 0 Å². The Kier molecular flexibility index (Phi) is 6.12. The summed E-state index contributed by atoms with van der Waals surface area (Å²) in [4.78, 5) is 21.7. The predicted octanol–water partition coefficient (Wildman–Crippen LogP) is 4.62. The molecular formula is C29H27FN4O3S. The van der Waals surface area contributed by atoms with Gasteiger partial charge in [-0.25, -0.2) is 12.8 Å². The van der Waals surface area contributed by atoms with Crippen LogP contribution in [0.5, 0.6) is 0 Å². The predicted molar refractivity (Wildman–Crippen MR) is 144 cm³/mol. The monoisotopic (exact) mass is 530 g/mol. The number of para-hydroxylation sites is 1. The third-order valence-corrected chi connectivity index (χ3v) is 8.96. The van der Waals surface area contributed by atoms with Crippen molar-refractivity contribution < 1.29 is 17.6 Å². The third kappa shape index (κ3) is 4.52. The molecule has 1 amide bonds. The molecule has 2 fully saturated rings. The number of nitrogens with one attached hydrogen (secondary N) is 1. The molecule has 4 aromatic rings. The fourth-order valence-electron chi connectivity index (χ4n) is 5.37. The Hall–Kier alpha value is -3.82. The Bertz CT molecular complexity index is 1590. The van der Waals surface area contributed by atoms with Gasteiger partial charge in [0.1, 0.15) is 10.7 Å². The van der Waals surface area contributed by atoms with Crippen LogP contribution in [0.3, 0.4) is 0 Å². The van der Waals surface area contributed by atoms with Crippen LogP contribution in [-0.2, 0) is 15.6 Å². The number of pyridine rings is 1. The van der Waals surface area contributed by atoms with Gasteiger partial charge < -0.3 is 4.90 Å². The summed E-state index contributed by atoms with van der Waals surface area (Å²) in [6.07, 6.45) is 3.65. The van der Waals surface area contributed by atoms with Crippen molar-refractivity contribution in [2.24, 2.45) is 0 Å². The molecule has 0 spiro atoms. The van der Waals surface area contributed by atoms with Gasteiger partial charge >= 0.3 is 0 Å². The number of piperazine rings is 1. The minimum absolute atomic E-state index is 0.0404. The number of nitrogens with zero attached hydrogens (tertiary/aromatic N) is 3. The van der Waals surface area contributed by atoms with E-state index in [0.717, 1.165) is 36.9 Å². The molecule has 3 aromatic carbocycles. The fraction of sp³-hybridized carbons (Fsp3) is 0.241. The smallest absolute Gasteiger partial charge is 0.264 e. The molecule has 1 saturated carbocycles. The van der Waals surface area contributed by atoms with Crippen molar-refractivity contribution >= 4 is 32.5 Å². The fourth-order valence-corrected chi connectivity index (χ4v) is 6.61. The van der Waals surface area contributed by atoms with Gasteiger partial charge in [0, 0.05) is 54.6 Å². The zero-order valence-corrected chi connectivity index (χ0v) is 21.5. The number of halogens is 1. The maximum Gasteiger partial charge on any atom is 0.264 e. The van der Waals surface area contributed by atoms with E-state index in [1.165, 1.54) is 18.2 Å². The van der Waals surface area contributed by atoms with Gasteiger partial charge in [-0.05, 0) is 66.9 Å². The van der Waals surface area contributed by atoms with Crippen LogP contribution in [0.2, 0.25) is 0 Å². The molecule has 0 atom stereocenters. The van der Waals surface area contributed by atoms with Crippen LogP contribution in [0.4, 0.5) is 10.1 Å². The molecule has 0 radical (unpaired) electrons. The number of anilines is 1. The van der Waals surface area contributed by atoms with Crippen molar-refractivity contribution in [3.63, 3.8) is 0 Å². The normalized spacial score (nSPS) is 17.3. The molecule has 1 aromatic heterocycles. The third-order valence-electron chi connectivity index (χ3n) is 7.55. The van der Waals surface area contributed by atoms with Crippen LogP contribution in [0.15, 0.2) is 90.0 Å². The number of benzene rings is 3. The summed E-state index contributed by atoms with van der Waals surface area (Å²) in [5.41, 5.74) is 2.38. The summed E-state index contributed by atoms with van der Waals surface area (Å²) < 4.78 is 42.1. The first kappa shape index (κ1) is 24.5. The molecule has 1 saturated heterocycles. The highest BCUT2D eigenvalue weighted by molar-refractivity contribution is 7.93. The average Bonchev–Trinajstić information content (AvgIpc) is 3.75. The number of carbonyl (C=O) groups is 1. The molecule has 9 heteroatoms. The lowest BCUT2D eigenvalue weighted by atomic mass is 10.0. The highest BCUT2D eigenvalue weighted by atomic mass is 32.2. The topological polar surface area (TPSA) is 82.6 Å². The number of rotatable bonds is 6. The summed E-state index contributed by atoms with van der Waals surface area (Å²) >= 11 is 0. The minimum atomic E-state index is -3.87. The quantitative estimate of drug-likeness (QED) is 0.393. The molecule has 194 valence electrons. The Morgan fingerprint density at radius 3 is 2.24 bits per heavy atom. The van der Waals surface area contributed by atoms with Crippen molar-refractivity contribution in [3.05, 3.63) is 102 Å². The lowest BCUT2D eigenvalue weighted by Gasteiger charge is -2.40. The van der Waals surface area contributed by atoms with E-state index in [0.29, 0.717) is 29.9 Å². The standard InChI is InChI=1S/C29H27FN4O3S/c30-24-10-8-23(9-11-24)29(14-15-29)34-19-17-33(18-20-34)28(35)22-6-12-25(13-7-22)32-38(36,37)26-5-1-3-21-4-2-16-31-27(21)26/h1-13,16,32H,14-15,17-20H2. The van der Waals surface area contributed by atoms with Gasteiger partial charge in [0.15, 0.2) is 0 Å². The SMILES string of the molecule is O=C(c1ccc(NS(=O)(=O)c2cccc3cccnc23)cc1)N1CCN(C2(c3ccc(F)cc3)CC2)CC1. The summed E-state index contributed by atoms with van der Waals surface area (Å²) in [5.74, 6) is -0.312. The van der Waals surface area contributed by atoms with Crippen molar-refractivity contribution in [1.82, 2.24) is 14.8 Å². The molecule has 2 aliphatic rings. The van der Waals surface area contributed by atoms with E-state index in [4.69, 9.17) is 0 Å². The number of amides is 1. The first-order valence-corrected chi connectivity index (χ1v) is 14.1. The Labute approximate surface area is 221 Å². The Balaban J connectivity index is 1.11. The summed E-state index contributed by atoms with van der Waals surface area (Å²) in [5, 5.41) is 0.738. The van der Waals surface area contributed by atoms with Crippen LogP contribution in [0, 0.1) is 5.82 Å². The second-order valence-electron chi connectivity index (χ2n) is 9.83. The lowest BCUT2D eigenvalue weighted by Crippen LogP contribution is -2.52. The van der Waals surface area contributed by atoms with Gasteiger partial charge in [-0.1, -0.05) is 30.3 Å². The van der Waals surface area contributed by atoms with Gasteiger partial charge in [-0.15, -0.1) is 0 Å². The van der Waals surface area contributed by atoms with E-state index in [1.807, 2.05) is 29.2 Å². The number of sulfonamides is 1. The van der Waals surface area contributed by atoms with Crippen LogP contribution < -0.4 is 4.72 Å². The molecule has 38 heavy (non-hydrogen) atoms. The van der Waals surface area contributed by atoms with Crippen molar-refractivity contribution in [2.75, 3.05) is 30.9 Å². The molecule has 1 aliphatic heterocycles. The number of hydrogen-bond acceptors (Lipinski definition) is 5. The number of hydrogen-bond donors (Lipinski definition) is 1. The first-order valence-electron chi connectivity index (χ1n) is 12.6. The van der Waals surface area contributed by atoms with Crippen molar-refractivity contribution in [2.45, 2.75) is 23.3 Å². The lowest BCUT2D eigenvalue weighted by molar-refractivity contribution is 0.0531. The van der Waals surface area contributed by atoms with E-state index in [9.17, 15) is 17.6 Å². The van der Waals surface area contributed by atoms with Crippen LogP contribution in [-0.4, -0.2) is 55.3 Å². The zero-order valence-electron chi connectivity index (χ0n) is 20.7. The van der Waals surface area contributed by atoms with Gasteiger partial charge in [-0.3, -0.25) is 19.4 Å². The molecule has 1 N–H and O–H groups in total. The molecule has 6 rings (SSSR count). The van der Waals surface area contributed by atoms with Crippen molar-refractivity contribution in [1.29, 1.82) is 0 Å². The van der Waals surface area contributed by atoms with E-state index >= 15 is 0 Å². The Morgan fingerprint density at radius 1 is 0.868 bits per heavy atom. The molecule has 0 unspecified atom stereocenters. The average molecular weight is 531 g/mol. The zero-order chi connectivity index (χ0) is 26.3. The van der Waals surface area contributed by atoms with Gasteiger partial charge in [0.25, 0.3) is 15.9 Å². The highest BCUT2D eigenvalue weighted by Crippen LogP contribution is 2.51. The maximum absolute atomic E-state index is 13.4. The Morgan fingerprint density at radius 2 is 1.55 bits per heavy atom. The van der Waals surface area contributed by atoms with E-state index in [-0.39, 0.29) is 22.2 Å². The largest absolute Gasteiger partial charge is 0.336 e. The van der Waals surface area contributed by atoms with E-state index < -0.39 is 10.0 Å². The van der Waals surface area contributed by atoms with Gasteiger partial charge in [0.05, 0.1) is 5.52 Å². The minimum Gasteiger partial charge on any atom is -0.336 e. The maximum atomic E-state index is 13.4. The van der Waals surface area contributed by atoms with Crippen LogP contribution in [0.1, 0.15) is 28.8 Å². The van der Waals surface area contributed by atoms with Gasteiger partial charge in [0.2, 0.25) is 0 Å². The number of aromatic nitrogens is 1. The van der Waals surface area contributed by atoms with E-state index in [1.54, 1.807) is 42.6 Å².